The van der Waals surface area contributed by atoms with Gasteiger partial charge in [-0.2, -0.15) is 0 Å². The molecule has 1 aromatic carbocycles. The van der Waals surface area contributed by atoms with Gasteiger partial charge in [0, 0.05) is 6.54 Å². The third-order valence-corrected chi connectivity index (χ3v) is 2.52. The number of rotatable bonds is 2. The van der Waals surface area contributed by atoms with E-state index in [-0.39, 0.29) is 11.9 Å². The lowest BCUT2D eigenvalue weighted by atomic mass is 10.1. The lowest BCUT2D eigenvalue weighted by Gasteiger charge is -2.21. The fourth-order valence-corrected chi connectivity index (χ4v) is 1.67. The molecule has 0 fully saturated rings. The van der Waals surface area contributed by atoms with E-state index in [0.29, 0.717) is 17.9 Å². The van der Waals surface area contributed by atoms with Crippen LogP contribution in [0, 0.1) is 12.3 Å². The average Bonchev–Trinajstić information content (AvgIpc) is 2.37. The minimum absolute atomic E-state index is 0.212. The van der Waals surface area contributed by atoms with Crippen molar-refractivity contribution in [1.82, 2.24) is 5.32 Å². The Kier molecular flexibility index (Phi) is 3.20. The molecule has 0 saturated carbocycles. The third-order valence-electron chi connectivity index (χ3n) is 2.52. The molecule has 2 N–H and O–H groups in total. The molecule has 0 saturated heterocycles. The number of ether oxygens (including phenoxy) is 1. The molecule has 4 nitrogen and oxygen atoms in total. The lowest BCUT2D eigenvalue weighted by molar-refractivity contribution is 0.0944. The second-order valence-corrected chi connectivity index (χ2v) is 3.82. The zero-order chi connectivity index (χ0) is 12.3. The van der Waals surface area contributed by atoms with Gasteiger partial charge in [0.1, 0.15) is 6.61 Å². The van der Waals surface area contributed by atoms with Gasteiger partial charge >= 0.3 is 0 Å². The van der Waals surface area contributed by atoms with Gasteiger partial charge in [0.25, 0.3) is 5.91 Å². The van der Waals surface area contributed by atoms with Crippen LogP contribution in [0.2, 0.25) is 0 Å². The minimum atomic E-state index is -0.296. The first-order valence-electron chi connectivity index (χ1n) is 5.49. The Labute approximate surface area is 100 Å². The minimum Gasteiger partial charge on any atom is -0.489 e. The number of benzene rings is 1. The summed E-state index contributed by atoms with van der Waals surface area (Å²) in [6.07, 6.45) is 5.23. The monoisotopic (exact) mass is 230 g/mol. The summed E-state index contributed by atoms with van der Waals surface area (Å²) in [4.78, 5) is 12.0. The number of carbonyl (C=O) groups excluding carboxylic acids is 1. The summed E-state index contributed by atoms with van der Waals surface area (Å²) in [5.41, 5.74) is 1.36. The van der Waals surface area contributed by atoms with Crippen molar-refractivity contribution >= 4 is 11.6 Å². The van der Waals surface area contributed by atoms with Crippen LogP contribution >= 0.6 is 0 Å². The molecule has 4 heteroatoms. The number of carbonyl (C=O) groups is 1. The molecule has 1 aliphatic heterocycles. The fourth-order valence-electron chi connectivity index (χ4n) is 1.67. The molecule has 88 valence electrons. The van der Waals surface area contributed by atoms with Gasteiger partial charge in [-0.3, -0.25) is 4.79 Å². The van der Waals surface area contributed by atoms with Crippen LogP contribution < -0.4 is 15.4 Å². The van der Waals surface area contributed by atoms with Gasteiger partial charge in [-0.1, -0.05) is 12.0 Å². The summed E-state index contributed by atoms with van der Waals surface area (Å²) in [7, 11) is 0. The lowest BCUT2D eigenvalue weighted by Crippen LogP contribution is -2.32. The predicted molar refractivity (Wildman–Crippen MR) is 66.2 cm³/mol. The number of para-hydroxylation sites is 1. The molecule has 0 radical (unpaired) electrons. The van der Waals surface area contributed by atoms with E-state index >= 15 is 0 Å². The molecule has 1 aliphatic rings. The van der Waals surface area contributed by atoms with Crippen LogP contribution in [0.5, 0.6) is 5.75 Å². The second-order valence-electron chi connectivity index (χ2n) is 3.82. The zero-order valence-corrected chi connectivity index (χ0v) is 9.62. The van der Waals surface area contributed by atoms with E-state index in [1.165, 1.54) is 0 Å². The summed E-state index contributed by atoms with van der Waals surface area (Å²) in [6.45, 7) is 3.06. The maximum atomic E-state index is 12.0. The van der Waals surface area contributed by atoms with Crippen molar-refractivity contribution in [3.8, 4) is 18.1 Å². The molecule has 1 atom stereocenters. The van der Waals surface area contributed by atoms with E-state index in [4.69, 9.17) is 11.2 Å². The third kappa shape index (κ3) is 2.34. The fraction of sp³-hybridized carbons (Fsp3) is 0.308. The van der Waals surface area contributed by atoms with Crippen LogP contribution in [0.25, 0.3) is 0 Å². The standard InChI is InChI=1S/C13H14N2O2/c1-3-9(2)15-13(16)10-5-4-6-11-12(10)17-8-7-14-11/h1,4-6,9,14H,7-8H2,2H3,(H,15,16). The summed E-state index contributed by atoms with van der Waals surface area (Å²) in [6, 6.07) is 5.13. The molecule has 0 aromatic heterocycles. The van der Waals surface area contributed by atoms with E-state index in [0.717, 1.165) is 12.2 Å². The van der Waals surface area contributed by atoms with E-state index in [9.17, 15) is 4.79 Å². The van der Waals surface area contributed by atoms with Crippen molar-refractivity contribution in [3.63, 3.8) is 0 Å². The quantitative estimate of drug-likeness (QED) is 0.752. The van der Waals surface area contributed by atoms with Crippen molar-refractivity contribution in [1.29, 1.82) is 0 Å². The number of terminal acetylenes is 1. The van der Waals surface area contributed by atoms with Crippen LogP contribution in [0.15, 0.2) is 18.2 Å². The van der Waals surface area contributed by atoms with Gasteiger partial charge in [0.2, 0.25) is 0 Å². The Bertz CT molecular complexity index is 477. The molecule has 1 unspecified atom stereocenters. The molecular formula is C13H14N2O2. The average molecular weight is 230 g/mol. The number of anilines is 1. The summed E-state index contributed by atoms with van der Waals surface area (Å²) < 4.78 is 5.52. The molecule has 0 bridgehead atoms. The Morgan fingerprint density at radius 1 is 1.65 bits per heavy atom. The zero-order valence-electron chi connectivity index (χ0n) is 9.62. The van der Waals surface area contributed by atoms with E-state index in [2.05, 4.69) is 16.6 Å². The highest BCUT2D eigenvalue weighted by atomic mass is 16.5. The molecule has 1 heterocycles. The number of nitrogens with one attached hydrogen (secondary N) is 2. The first kappa shape index (κ1) is 11.3. The molecular weight excluding hydrogens is 216 g/mol. The van der Waals surface area contributed by atoms with Crippen LogP contribution in [0.1, 0.15) is 17.3 Å². The van der Waals surface area contributed by atoms with Gasteiger partial charge in [-0.05, 0) is 19.1 Å². The normalized spacial score (nSPS) is 14.6. The van der Waals surface area contributed by atoms with Gasteiger partial charge in [0.05, 0.1) is 17.3 Å². The Hall–Kier alpha value is -2.15. The SMILES string of the molecule is C#CC(C)NC(=O)c1cccc2c1OCCN2. The molecule has 2 rings (SSSR count). The maximum Gasteiger partial charge on any atom is 0.256 e. The summed E-state index contributed by atoms with van der Waals surface area (Å²) >= 11 is 0. The molecule has 17 heavy (non-hydrogen) atoms. The molecule has 1 aromatic rings. The van der Waals surface area contributed by atoms with Gasteiger partial charge in [-0.15, -0.1) is 6.42 Å². The Morgan fingerprint density at radius 2 is 2.47 bits per heavy atom. The highest BCUT2D eigenvalue weighted by Crippen LogP contribution is 2.31. The van der Waals surface area contributed by atoms with Crippen molar-refractivity contribution in [2.24, 2.45) is 0 Å². The van der Waals surface area contributed by atoms with Crippen molar-refractivity contribution in [2.75, 3.05) is 18.5 Å². The number of amides is 1. The van der Waals surface area contributed by atoms with Gasteiger partial charge in [-0.25, -0.2) is 0 Å². The molecule has 0 aliphatic carbocycles. The number of hydrogen-bond acceptors (Lipinski definition) is 3. The van der Waals surface area contributed by atoms with E-state index < -0.39 is 0 Å². The van der Waals surface area contributed by atoms with Crippen LogP contribution in [-0.4, -0.2) is 25.1 Å². The van der Waals surface area contributed by atoms with Crippen molar-refractivity contribution in [3.05, 3.63) is 23.8 Å². The van der Waals surface area contributed by atoms with Crippen LogP contribution in [0.4, 0.5) is 5.69 Å². The smallest absolute Gasteiger partial charge is 0.256 e. The van der Waals surface area contributed by atoms with E-state index in [1.54, 1.807) is 13.0 Å². The summed E-state index contributed by atoms with van der Waals surface area (Å²) in [5.74, 6) is 2.84. The highest BCUT2D eigenvalue weighted by molar-refractivity contribution is 5.99. The first-order chi connectivity index (χ1) is 8.22. The van der Waals surface area contributed by atoms with Crippen molar-refractivity contribution < 1.29 is 9.53 Å². The second kappa shape index (κ2) is 4.79. The first-order valence-corrected chi connectivity index (χ1v) is 5.49. The maximum absolute atomic E-state index is 12.0. The van der Waals surface area contributed by atoms with Gasteiger partial charge < -0.3 is 15.4 Å². The molecule has 1 amide bonds. The summed E-state index contributed by atoms with van der Waals surface area (Å²) in [5, 5.41) is 5.89. The van der Waals surface area contributed by atoms with Crippen LogP contribution in [-0.2, 0) is 0 Å². The highest BCUT2D eigenvalue weighted by Gasteiger charge is 2.19. The van der Waals surface area contributed by atoms with Crippen LogP contribution in [0.3, 0.4) is 0 Å². The topological polar surface area (TPSA) is 50.4 Å². The number of hydrogen-bond donors (Lipinski definition) is 2. The Morgan fingerprint density at radius 3 is 3.24 bits per heavy atom. The predicted octanol–water partition coefficient (Wildman–Crippen LogP) is 1.24. The number of fused-ring (bicyclic) bond motifs is 1. The van der Waals surface area contributed by atoms with Gasteiger partial charge in [0.15, 0.2) is 5.75 Å². The Balaban J connectivity index is 2.27. The van der Waals surface area contributed by atoms with E-state index in [1.807, 2.05) is 12.1 Å². The van der Waals surface area contributed by atoms with Crippen molar-refractivity contribution in [2.45, 2.75) is 13.0 Å². The molecule has 0 spiro atoms. The largest absolute Gasteiger partial charge is 0.489 e.